The largest absolute Gasteiger partial charge is 0.449 e. The summed E-state index contributed by atoms with van der Waals surface area (Å²) in [7, 11) is 0. The molecule has 0 spiro atoms. The van der Waals surface area contributed by atoms with Crippen LogP contribution in [0.4, 0.5) is 53.5 Å². The Kier molecular flexibility index (Phi) is 32.2. The molecule has 0 radical (unpaired) electrons. The average molecular weight is 2040 g/mol. The lowest BCUT2D eigenvalue weighted by Crippen LogP contribution is -2.59. The third-order valence-electron chi connectivity index (χ3n) is 29.3. The van der Waals surface area contributed by atoms with Crippen molar-refractivity contribution < 1.29 is 49.9 Å². The number of halogens is 8. The monoisotopic (exact) mass is 2040 g/mol. The summed E-state index contributed by atoms with van der Waals surface area (Å²) in [6.45, 7) is 40.9. The molecule has 8 aliphatic rings. The minimum absolute atomic E-state index is 0.0628. The molecule has 147 heavy (non-hydrogen) atoms. The fourth-order valence-corrected chi connectivity index (χ4v) is 21.9. The van der Waals surface area contributed by atoms with Gasteiger partial charge in [-0.05, 0) is 196 Å². The molecule has 8 atom stereocenters. The van der Waals surface area contributed by atoms with Crippen LogP contribution in [0.1, 0.15) is 168 Å². The van der Waals surface area contributed by atoms with Gasteiger partial charge in [-0.15, -0.1) is 0 Å². The van der Waals surface area contributed by atoms with Crippen LogP contribution in [0.2, 0.25) is 5.28 Å². The van der Waals surface area contributed by atoms with Gasteiger partial charge in [-0.1, -0.05) is 104 Å². The molecule has 4 N–H and O–H groups in total. The summed E-state index contributed by atoms with van der Waals surface area (Å²) in [5.74, 6) is -0.831. The van der Waals surface area contributed by atoms with Crippen molar-refractivity contribution in [1.82, 2.24) is 99.0 Å². The molecule has 36 heteroatoms. The third kappa shape index (κ3) is 25.6. The molecule has 0 unspecified atom stereocenters. The van der Waals surface area contributed by atoms with E-state index in [2.05, 4.69) is 152 Å². The molecule has 12 aromatic rings. The van der Waals surface area contributed by atoms with Gasteiger partial charge < -0.3 is 59.1 Å². The third-order valence-corrected chi connectivity index (χ3v) is 29.6. The lowest BCUT2D eigenvalue weighted by molar-refractivity contribution is -0.147. The van der Waals surface area contributed by atoms with Crippen LogP contribution in [-0.2, 0) is 98.9 Å². The van der Waals surface area contributed by atoms with Crippen LogP contribution < -0.4 is 40.9 Å². The highest BCUT2D eigenvalue weighted by molar-refractivity contribution is 6.28. The smallest absolute Gasteiger partial charge is 0.336 e. The fraction of sp³-hybridized carbons (Fsp3) is 0.459. The number of aromatic nitrogens is 12. The van der Waals surface area contributed by atoms with Gasteiger partial charge in [0.25, 0.3) is 0 Å². The number of nitrogens with one attached hydrogen (secondary N) is 4. The van der Waals surface area contributed by atoms with Gasteiger partial charge in [-0.3, -0.25) is 58.7 Å². The van der Waals surface area contributed by atoms with E-state index in [-0.39, 0.29) is 112 Å². The number of rotatable bonds is 24. The number of benzene rings is 4. The van der Waals surface area contributed by atoms with Crippen molar-refractivity contribution in [3.8, 4) is 0 Å². The number of alkyl halides is 3. The van der Waals surface area contributed by atoms with Gasteiger partial charge in [0.2, 0.25) is 34.7 Å². The van der Waals surface area contributed by atoms with Crippen LogP contribution in [0, 0.1) is 37.1 Å². The number of pyridine rings is 4. The van der Waals surface area contributed by atoms with E-state index in [4.69, 9.17) is 31.5 Å². The maximum Gasteiger partial charge on any atom is 0.449 e. The van der Waals surface area contributed by atoms with E-state index in [0.29, 0.717) is 115 Å². The highest BCUT2D eigenvalue weighted by atomic mass is 35.5. The fourth-order valence-electron chi connectivity index (χ4n) is 21.7. The maximum absolute atomic E-state index is 13.8. The van der Waals surface area contributed by atoms with Crippen LogP contribution in [0.3, 0.4) is 0 Å². The predicted octanol–water partition coefficient (Wildman–Crippen LogP) is 14.3. The predicted molar refractivity (Wildman–Crippen MR) is 555 cm³/mol. The molecule has 8 aliphatic heterocycles. The zero-order valence-electron chi connectivity index (χ0n) is 86.2. The number of hydrogen-bond acceptors (Lipinski definition) is 20. The van der Waals surface area contributed by atoms with E-state index in [1.54, 1.807) is 72.0 Å². The number of imidazole rings is 4. The van der Waals surface area contributed by atoms with Gasteiger partial charge in [0.15, 0.2) is 0 Å². The molecule has 778 valence electrons. The van der Waals surface area contributed by atoms with E-state index in [0.717, 1.165) is 165 Å². The standard InChI is InChI=1S/C29H37FN6O.C28H32F4N6O.C27H32ClFN6O.C27H33FN6O/c1-19-14-35(25(13-31-19)16-34-15-20(2)33-21(34)3)17-27(37)36-18-29(4,5)28-26(36)11-23(12-32-28)10-22-6-8-24(30)9-7-22;1-18-14-37(22(13-34-18)15-36-9-8-33-26(36)28(30,31)32)16-24(39)38-17-27(2,3)25-23(38)11-20(12-35-25)10-19-4-6-21(29)7-5-19;1-18-14-34(22(13-31-18)15-33-9-8-30-26(33)28)16-24(36)35-17-27(2,3)25-23(35)11-20(12-32-25)10-19-4-6-21(29)7-5-19;1-19-14-33(23(13-30-19)15-32-9-8-29-18-32)16-25(35)34-17-27(2,3)26-24(34)11-21(12-31-26)10-20-4-6-22(28)7-5-20/h6-9,11-12,15,19,25,31H,10,13-14,16-18H2,1-5H3;4-9,11-12,18,22,34H,10,13-17H2,1-3H3;4-9,11-12,18,22,31H,10,13-17H2,1-3H3;4-9,11-12,18-19,23,30H,10,13-17H2,1-3H3/t19-,25-;2*18-,22-;19-,23-/m1111/s1. The summed E-state index contributed by atoms with van der Waals surface area (Å²) in [6, 6.07) is 35.3. The molecule has 0 aliphatic carbocycles. The number of anilines is 4. The Morgan fingerprint density at radius 2 is 0.673 bits per heavy atom. The second-order valence-corrected chi connectivity index (χ2v) is 44.0. The summed E-state index contributed by atoms with van der Waals surface area (Å²) >= 11 is 6.23. The van der Waals surface area contributed by atoms with E-state index in [1.165, 1.54) is 54.7 Å². The Labute approximate surface area is 860 Å². The normalized spacial score (nSPS) is 21.5. The van der Waals surface area contributed by atoms with Crippen LogP contribution in [0.25, 0.3) is 0 Å². The lowest BCUT2D eigenvalue weighted by atomic mass is 9.91. The number of aryl methyl sites for hydroxylation is 2. The number of carbonyl (C=O) groups is 4. The number of nitrogens with zero attached hydrogens (tertiary/aromatic N) is 20. The minimum atomic E-state index is -4.55. The molecular weight excluding hydrogens is 1900 g/mol. The summed E-state index contributed by atoms with van der Waals surface area (Å²) in [5.41, 5.74) is 15.0. The molecule has 4 amide bonds. The number of carbonyl (C=O) groups excluding carboxylic acids is 4. The molecule has 28 nitrogen and oxygen atoms in total. The summed E-state index contributed by atoms with van der Waals surface area (Å²) < 4.78 is 101. The first kappa shape index (κ1) is 106. The van der Waals surface area contributed by atoms with Crippen LogP contribution in [-0.4, -0.2) is 254 Å². The maximum atomic E-state index is 13.8. The Hall–Kier alpha value is -12.3. The minimum Gasteiger partial charge on any atom is -0.336 e. The molecule has 4 fully saturated rings. The summed E-state index contributed by atoms with van der Waals surface area (Å²) in [4.78, 5) is 107. The average Bonchev–Trinajstić information content (AvgIpc) is 1.62. The van der Waals surface area contributed by atoms with Gasteiger partial charge in [0.1, 0.15) is 29.1 Å². The van der Waals surface area contributed by atoms with Gasteiger partial charge in [-0.2, -0.15) is 13.2 Å². The Balaban J connectivity index is 0.000000134. The van der Waals surface area contributed by atoms with Gasteiger partial charge >= 0.3 is 6.18 Å². The van der Waals surface area contributed by atoms with E-state index in [1.807, 2.05) is 102 Å². The first-order chi connectivity index (χ1) is 70.0. The van der Waals surface area contributed by atoms with Gasteiger partial charge in [0.05, 0.1) is 83.7 Å². The molecular formula is C111H134ClF7N24O4. The van der Waals surface area contributed by atoms with Crippen molar-refractivity contribution in [2.24, 2.45) is 0 Å². The highest BCUT2D eigenvalue weighted by Gasteiger charge is 2.47. The Morgan fingerprint density at radius 3 is 0.952 bits per heavy atom. The first-order valence-electron chi connectivity index (χ1n) is 50.7. The molecule has 20 rings (SSSR count). The molecule has 0 saturated carbocycles. The quantitative estimate of drug-likeness (QED) is 0.0410. The molecule has 4 saturated heterocycles. The zero-order valence-corrected chi connectivity index (χ0v) is 86.9. The molecule has 4 aromatic carbocycles. The van der Waals surface area contributed by atoms with Crippen molar-refractivity contribution in [2.45, 2.75) is 225 Å². The lowest BCUT2D eigenvalue weighted by Gasteiger charge is -2.40. The van der Waals surface area contributed by atoms with E-state index in [9.17, 15) is 49.9 Å². The van der Waals surface area contributed by atoms with Crippen molar-refractivity contribution >= 4 is 58.0 Å². The highest BCUT2D eigenvalue weighted by Crippen LogP contribution is 2.45. The second-order valence-electron chi connectivity index (χ2n) is 43.7. The van der Waals surface area contributed by atoms with Crippen molar-refractivity contribution in [3.05, 3.63) is 309 Å². The van der Waals surface area contributed by atoms with Gasteiger partial charge in [0, 0.05) is 243 Å². The van der Waals surface area contributed by atoms with Crippen molar-refractivity contribution in [2.75, 3.05) is 124 Å². The Morgan fingerprint density at radius 1 is 0.381 bits per heavy atom. The van der Waals surface area contributed by atoms with E-state index < -0.39 is 12.0 Å². The van der Waals surface area contributed by atoms with Crippen molar-refractivity contribution in [3.63, 3.8) is 0 Å². The Bertz CT molecular complexity index is 6610. The molecule has 16 heterocycles. The van der Waals surface area contributed by atoms with Crippen LogP contribution in [0.15, 0.2) is 196 Å². The number of amides is 4. The molecule has 0 bridgehead atoms. The van der Waals surface area contributed by atoms with Crippen LogP contribution in [0.5, 0.6) is 0 Å². The van der Waals surface area contributed by atoms with Crippen molar-refractivity contribution in [1.29, 1.82) is 0 Å². The zero-order chi connectivity index (χ0) is 104. The number of piperazine rings is 4. The first-order valence-corrected chi connectivity index (χ1v) is 51.1. The summed E-state index contributed by atoms with van der Waals surface area (Å²) in [5, 5.41) is 14.4. The van der Waals surface area contributed by atoms with Gasteiger partial charge in [-0.25, -0.2) is 37.5 Å². The summed E-state index contributed by atoms with van der Waals surface area (Å²) in [6.07, 6.45) is 19.1. The SMILES string of the molecule is C[C@@H]1CN(CC(=O)N2CC(C)(C)c3ncc(Cc4ccc(F)cc4)cc32)[C@@H](Cn2ccnc2)CN1.C[C@@H]1CN(CC(=O)N2CC(C)(C)c3ncc(Cc4ccc(F)cc4)cc32)[C@@H](Cn2ccnc2C(F)(F)F)CN1.C[C@@H]1CN(CC(=O)N2CC(C)(C)c3ncc(Cc4ccc(F)cc4)cc32)[C@@H](Cn2ccnc2Cl)CN1.Cc1cn(C[C@H]2CN[C@H](C)CN2CC(=O)N2CC(C)(C)c3ncc(Cc4ccc(F)cc4)cc32)c(C)n1. The number of hydrogen-bond donors (Lipinski definition) is 4. The van der Waals surface area contributed by atoms with Crippen LogP contribution >= 0.6 is 11.6 Å². The number of fused-ring (bicyclic) bond motifs is 4. The van der Waals surface area contributed by atoms with E-state index >= 15 is 0 Å². The topological polar surface area (TPSA) is 265 Å². The second kappa shape index (κ2) is 44.6. The molecule has 8 aromatic heterocycles.